The van der Waals surface area contributed by atoms with Gasteiger partial charge in [0.2, 0.25) is 0 Å². The predicted octanol–water partition coefficient (Wildman–Crippen LogP) is -0.691. The molecule has 1 heterocycles. The van der Waals surface area contributed by atoms with Crippen molar-refractivity contribution in [2.75, 3.05) is 24.7 Å². The summed E-state index contributed by atoms with van der Waals surface area (Å²) in [6.07, 6.45) is 0. The van der Waals surface area contributed by atoms with Crippen molar-refractivity contribution in [2.45, 2.75) is 25.3 Å². The second-order valence-corrected chi connectivity index (χ2v) is 8.30. The number of hydrogen-bond donors (Lipinski definition) is 6. The molecule has 210 valence electrons. The molecule has 0 saturated heterocycles. The molecule has 0 bridgehead atoms. The molecule has 2 aromatic carbocycles. The summed E-state index contributed by atoms with van der Waals surface area (Å²) in [5.41, 5.74) is 12.0. The van der Waals surface area contributed by atoms with E-state index >= 15 is 0 Å². The van der Waals surface area contributed by atoms with Gasteiger partial charge in [-0.2, -0.15) is 0 Å². The van der Waals surface area contributed by atoms with E-state index in [1.165, 1.54) is 0 Å². The van der Waals surface area contributed by atoms with Gasteiger partial charge in [-0.25, -0.2) is 19.6 Å². The van der Waals surface area contributed by atoms with Gasteiger partial charge < -0.3 is 41.8 Å². The van der Waals surface area contributed by atoms with Gasteiger partial charge in [-0.15, -0.1) is 0 Å². The van der Waals surface area contributed by atoms with Gasteiger partial charge in [0.25, 0.3) is 11.8 Å². The Morgan fingerprint density at radius 3 is 1.35 bits per heavy atom. The fourth-order valence-electron chi connectivity index (χ4n) is 3.27. The molecule has 0 spiro atoms. The Labute approximate surface area is 228 Å². The third-order valence-electron chi connectivity index (χ3n) is 5.37. The van der Waals surface area contributed by atoms with Crippen molar-refractivity contribution in [3.8, 4) is 0 Å². The van der Waals surface area contributed by atoms with Crippen LogP contribution in [0.15, 0.2) is 60.7 Å². The largest absolute Gasteiger partial charge is 0.459 e. The summed E-state index contributed by atoms with van der Waals surface area (Å²) in [5, 5.41) is 23.6. The van der Waals surface area contributed by atoms with Crippen molar-refractivity contribution in [2.24, 2.45) is 0 Å². The number of ether oxygens (including phenoxy) is 2. The maximum Gasteiger partial charge on any atom is 0.331 e. The SMILES string of the molecule is Nc1nc(C(=O)NC(CO)C(=O)OCc2ccccc2)c(N)nc1C(=O)NC(CO)C(=O)OCc1ccccc1. The lowest BCUT2D eigenvalue weighted by molar-refractivity contribution is -0.149. The van der Waals surface area contributed by atoms with Crippen molar-refractivity contribution in [3.05, 3.63) is 83.2 Å². The highest BCUT2D eigenvalue weighted by molar-refractivity contribution is 6.02. The van der Waals surface area contributed by atoms with Crippen molar-refractivity contribution in [1.29, 1.82) is 0 Å². The van der Waals surface area contributed by atoms with Gasteiger partial charge in [0, 0.05) is 0 Å². The predicted molar refractivity (Wildman–Crippen MR) is 140 cm³/mol. The Morgan fingerprint density at radius 2 is 1.02 bits per heavy atom. The minimum Gasteiger partial charge on any atom is -0.459 e. The lowest BCUT2D eigenvalue weighted by Gasteiger charge is -2.17. The lowest BCUT2D eigenvalue weighted by Crippen LogP contribution is -2.45. The van der Waals surface area contributed by atoms with Crippen LogP contribution < -0.4 is 22.1 Å². The van der Waals surface area contributed by atoms with Crippen LogP contribution >= 0.6 is 0 Å². The third kappa shape index (κ3) is 7.96. The van der Waals surface area contributed by atoms with Crippen LogP contribution in [0.1, 0.15) is 32.1 Å². The Morgan fingerprint density at radius 1 is 0.675 bits per heavy atom. The van der Waals surface area contributed by atoms with Crippen molar-refractivity contribution in [1.82, 2.24) is 20.6 Å². The highest BCUT2D eigenvalue weighted by Crippen LogP contribution is 2.14. The molecule has 1 aromatic heterocycles. The first-order chi connectivity index (χ1) is 19.2. The Hall–Kier alpha value is -5.08. The molecule has 0 fully saturated rings. The number of nitrogens with one attached hydrogen (secondary N) is 2. The number of benzene rings is 2. The van der Waals surface area contributed by atoms with E-state index in [0.717, 1.165) is 0 Å². The highest BCUT2D eigenvalue weighted by Gasteiger charge is 2.28. The summed E-state index contributed by atoms with van der Waals surface area (Å²) in [6.45, 7) is -1.74. The monoisotopic (exact) mass is 552 g/mol. The number of carbonyl (C=O) groups is 4. The summed E-state index contributed by atoms with van der Waals surface area (Å²) in [7, 11) is 0. The average molecular weight is 553 g/mol. The molecule has 2 amide bonds. The number of anilines is 2. The number of aliphatic hydroxyl groups is 2. The average Bonchev–Trinajstić information content (AvgIpc) is 2.97. The minimum atomic E-state index is -1.45. The number of aliphatic hydroxyl groups excluding tert-OH is 2. The Bertz CT molecular complexity index is 1240. The molecule has 8 N–H and O–H groups in total. The standard InChI is InChI=1S/C26H28N6O8/c27-21-19(23(35)29-17(11-33)25(37)39-13-15-7-3-1-4-8-15)31-22(28)20(32-21)24(36)30-18(12-34)26(38)40-14-16-9-5-2-6-10-16/h1-10,17-18,33-34H,11-14H2,(H2,28,31)(H2,27,32)(H,29,35)(H,30,36). The molecule has 0 aliphatic carbocycles. The van der Waals surface area contributed by atoms with Crippen LogP contribution in [0.4, 0.5) is 11.6 Å². The molecule has 14 nitrogen and oxygen atoms in total. The van der Waals surface area contributed by atoms with Crippen LogP contribution in [-0.2, 0) is 32.3 Å². The summed E-state index contributed by atoms with van der Waals surface area (Å²) in [5.74, 6) is -4.92. The first-order valence-electron chi connectivity index (χ1n) is 11.9. The number of esters is 2. The number of hydrogen-bond acceptors (Lipinski definition) is 12. The Balaban J connectivity index is 1.62. The van der Waals surface area contributed by atoms with E-state index in [-0.39, 0.29) is 13.2 Å². The fourth-order valence-corrected chi connectivity index (χ4v) is 3.27. The number of rotatable bonds is 12. The molecule has 3 aromatic rings. The summed E-state index contributed by atoms with van der Waals surface area (Å²) in [6, 6.07) is 14.6. The normalized spacial score (nSPS) is 12.1. The third-order valence-corrected chi connectivity index (χ3v) is 5.37. The van der Waals surface area contributed by atoms with Crippen molar-refractivity contribution < 1.29 is 38.9 Å². The second-order valence-electron chi connectivity index (χ2n) is 8.30. The molecule has 0 aliphatic heterocycles. The van der Waals surface area contributed by atoms with E-state index in [1.54, 1.807) is 60.7 Å². The zero-order valence-electron chi connectivity index (χ0n) is 21.1. The molecular formula is C26H28N6O8. The van der Waals surface area contributed by atoms with Crippen LogP contribution in [0.25, 0.3) is 0 Å². The maximum absolute atomic E-state index is 12.7. The Kier molecular flexibility index (Phi) is 10.4. The van der Waals surface area contributed by atoms with E-state index in [0.29, 0.717) is 11.1 Å². The fraction of sp³-hybridized carbons (Fsp3) is 0.231. The number of nitrogens with two attached hydrogens (primary N) is 2. The topological polar surface area (TPSA) is 229 Å². The van der Waals surface area contributed by atoms with E-state index in [4.69, 9.17) is 20.9 Å². The maximum atomic E-state index is 12.7. The summed E-state index contributed by atoms with van der Waals surface area (Å²) in [4.78, 5) is 57.6. The van der Waals surface area contributed by atoms with Crippen molar-refractivity contribution >= 4 is 35.4 Å². The van der Waals surface area contributed by atoms with E-state index in [9.17, 15) is 29.4 Å². The van der Waals surface area contributed by atoms with Crippen LogP contribution in [0, 0.1) is 0 Å². The molecule has 0 aliphatic rings. The van der Waals surface area contributed by atoms with Gasteiger partial charge in [-0.3, -0.25) is 9.59 Å². The number of carbonyl (C=O) groups excluding carboxylic acids is 4. The number of nitrogens with zero attached hydrogens (tertiary/aromatic N) is 2. The van der Waals surface area contributed by atoms with Gasteiger partial charge in [0.1, 0.15) is 13.2 Å². The van der Waals surface area contributed by atoms with E-state index < -0.39 is 72.1 Å². The van der Waals surface area contributed by atoms with Crippen molar-refractivity contribution in [3.63, 3.8) is 0 Å². The van der Waals surface area contributed by atoms with Crippen LogP contribution in [0.5, 0.6) is 0 Å². The van der Waals surface area contributed by atoms with Gasteiger partial charge in [-0.05, 0) is 11.1 Å². The number of nitrogen functional groups attached to an aromatic ring is 2. The first kappa shape index (κ1) is 29.5. The summed E-state index contributed by atoms with van der Waals surface area (Å²) < 4.78 is 10.2. The van der Waals surface area contributed by atoms with E-state index in [2.05, 4.69) is 20.6 Å². The summed E-state index contributed by atoms with van der Waals surface area (Å²) >= 11 is 0. The van der Waals surface area contributed by atoms with Crippen LogP contribution in [0.2, 0.25) is 0 Å². The number of aromatic nitrogens is 2. The molecule has 0 saturated carbocycles. The first-order valence-corrected chi connectivity index (χ1v) is 11.9. The molecule has 40 heavy (non-hydrogen) atoms. The van der Waals surface area contributed by atoms with Gasteiger partial charge >= 0.3 is 11.9 Å². The number of amides is 2. The molecule has 3 rings (SSSR count). The van der Waals surface area contributed by atoms with Crippen LogP contribution in [-0.4, -0.2) is 69.2 Å². The minimum absolute atomic E-state index is 0.0840. The highest BCUT2D eigenvalue weighted by atomic mass is 16.5. The smallest absolute Gasteiger partial charge is 0.331 e. The molecule has 14 heteroatoms. The van der Waals surface area contributed by atoms with Gasteiger partial charge in [0.15, 0.2) is 35.1 Å². The lowest BCUT2D eigenvalue weighted by atomic mass is 10.2. The molecular weight excluding hydrogens is 524 g/mol. The quantitative estimate of drug-likeness (QED) is 0.153. The van der Waals surface area contributed by atoms with Crippen LogP contribution in [0.3, 0.4) is 0 Å². The molecule has 2 unspecified atom stereocenters. The van der Waals surface area contributed by atoms with E-state index in [1.807, 2.05) is 0 Å². The molecule has 2 atom stereocenters. The zero-order chi connectivity index (χ0) is 29.1. The molecule has 0 radical (unpaired) electrons. The van der Waals surface area contributed by atoms with Gasteiger partial charge in [0.05, 0.1) is 13.2 Å². The zero-order valence-corrected chi connectivity index (χ0v) is 21.1. The van der Waals surface area contributed by atoms with Gasteiger partial charge in [-0.1, -0.05) is 60.7 Å². The second kappa shape index (κ2) is 14.2.